The predicted octanol–water partition coefficient (Wildman–Crippen LogP) is 5.06. The average molecular weight is 556 g/mol. The molecule has 2 saturated heterocycles. The van der Waals surface area contributed by atoms with Gasteiger partial charge in [0.25, 0.3) is 0 Å². The SMILES string of the molecule is CCCN(C(=O)O)c1ccc(-c2nc(N3CCOCC3)c3cnn(C4CCN(Cc5ccccc5)CC4)c3n2)cc1. The summed E-state index contributed by atoms with van der Waals surface area (Å²) >= 11 is 0. The Morgan fingerprint density at radius 3 is 2.41 bits per heavy atom. The van der Waals surface area contributed by atoms with Crippen LogP contribution in [0, 0.1) is 0 Å². The van der Waals surface area contributed by atoms with Gasteiger partial charge >= 0.3 is 6.09 Å². The number of ether oxygens (including phenoxy) is 1. The van der Waals surface area contributed by atoms with Crippen molar-refractivity contribution < 1.29 is 14.6 Å². The Hall–Kier alpha value is -4.02. The van der Waals surface area contributed by atoms with Crippen LogP contribution in [0.2, 0.25) is 0 Å². The van der Waals surface area contributed by atoms with E-state index in [9.17, 15) is 9.90 Å². The van der Waals surface area contributed by atoms with Crippen LogP contribution in [-0.4, -0.2) is 81.8 Å². The molecular formula is C31H37N7O3. The van der Waals surface area contributed by atoms with Crippen LogP contribution in [0.1, 0.15) is 37.8 Å². The summed E-state index contributed by atoms with van der Waals surface area (Å²) in [5, 5.41) is 15.5. The highest BCUT2D eigenvalue weighted by Crippen LogP contribution is 2.33. The van der Waals surface area contributed by atoms with Crippen molar-refractivity contribution in [3.05, 3.63) is 66.4 Å². The highest BCUT2D eigenvalue weighted by molar-refractivity contribution is 5.89. The number of carbonyl (C=O) groups is 1. The third-order valence-corrected chi connectivity index (χ3v) is 8.01. The van der Waals surface area contributed by atoms with Crippen LogP contribution < -0.4 is 9.80 Å². The molecule has 10 nitrogen and oxygen atoms in total. The molecule has 2 aromatic heterocycles. The number of hydrogen-bond donors (Lipinski definition) is 1. The Balaban J connectivity index is 1.30. The fraction of sp³-hybridized carbons (Fsp3) is 0.419. The maximum Gasteiger partial charge on any atom is 0.411 e. The van der Waals surface area contributed by atoms with Crippen molar-refractivity contribution in [1.29, 1.82) is 0 Å². The topological polar surface area (TPSA) is 99.8 Å². The Morgan fingerprint density at radius 2 is 1.73 bits per heavy atom. The first-order chi connectivity index (χ1) is 20.1. The molecule has 4 heterocycles. The number of aromatic nitrogens is 4. The molecular weight excluding hydrogens is 518 g/mol. The minimum Gasteiger partial charge on any atom is -0.465 e. The monoisotopic (exact) mass is 555 g/mol. The van der Waals surface area contributed by atoms with Crippen molar-refractivity contribution in [3.63, 3.8) is 0 Å². The fourth-order valence-corrected chi connectivity index (χ4v) is 5.84. The summed E-state index contributed by atoms with van der Waals surface area (Å²) in [6, 6.07) is 18.4. The van der Waals surface area contributed by atoms with Crippen molar-refractivity contribution in [2.24, 2.45) is 0 Å². The second-order valence-electron chi connectivity index (χ2n) is 10.8. The van der Waals surface area contributed by atoms with Gasteiger partial charge in [-0.05, 0) is 49.1 Å². The molecule has 0 spiro atoms. The first kappa shape index (κ1) is 27.2. The van der Waals surface area contributed by atoms with E-state index in [0.717, 1.165) is 74.4 Å². The molecule has 0 saturated carbocycles. The number of benzene rings is 2. The number of anilines is 2. The molecule has 214 valence electrons. The summed E-state index contributed by atoms with van der Waals surface area (Å²) < 4.78 is 7.72. The van der Waals surface area contributed by atoms with E-state index in [4.69, 9.17) is 19.8 Å². The molecule has 0 radical (unpaired) electrons. The largest absolute Gasteiger partial charge is 0.465 e. The minimum atomic E-state index is -0.953. The van der Waals surface area contributed by atoms with Gasteiger partial charge in [-0.25, -0.2) is 19.4 Å². The van der Waals surface area contributed by atoms with Crippen LogP contribution in [0.3, 0.4) is 0 Å². The number of carboxylic acid groups (broad SMARTS) is 1. The number of hydrogen-bond acceptors (Lipinski definition) is 7. The van der Waals surface area contributed by atoms with E-state index >= 15 is 0 Å². The second kappa shape index (κ2) is 12.2. The molecule has 1 N–H and O–H groups in total. The molecule has 2 fully saturated rings. The molecule has 0 bridgehead atoms. The lowest BCUT2D eigenvalue weighted by molar-refractivity contribution is 0.122. The maximum absolute atomic E-state index is 11.8. The number of morpholine rings is 1. The number of likely N-dealkylation sites (tertiary alicyclic amines) is 1. The molecule has 0 unspecified atom stereocenters. The number of rotatable bonds is 8. The van der Waals surface area contributed by atoms with Gasteiger partial charge in [0.2, 0.25) is 0 Å². The molecule has 4 aromatic rings. The number of piperidine rings is 1. The van der Waals surface area contributed by atoms with Crippen LogP contribution in [0.15, 0.2) is 60.8 Å². The molecule has 2 aliphatic heterocycles. The van der Waals surface area contributed by atoms with Gasteiger partial charge in [0.05, 0.1) is 30.8 Å². The van der Waals surface area contributed by atoms with Gasteiger partial charge in [0, 0.05) is 50.5 Å². The van der Waals surface area contributed by atoms with Gasteiger partial charge in [-0.3, -0.25) is 9.80 Å². The van der Waals surface area contributed by atoms with Crippen LogP contribution >= 0.6 is 0 Å². The minimum absolute atomic E-state index is 0.264. The standard InChI is InChI=1S/C31H37N7O3/c1-2-14-37(31(39)40)25-10-8-24(9-11-25)28-33-29(36-17-19-41-20-18-36)27-21-32-38(30(27)34-28)26-12-15-35(16-13-26)22-23-6-4-3-5-7-23/h3-11,21,26H,2,12-20,22H2,1H3,(H,39,40). The summed E-state index contributed by atoms with van der Waals surface area (Å²) in [6.45, 7) is 8.24. The number of fused-ring (bicyclic) bond motifs is 1. The summed E-state index contributed by atoms with van der Waals surface area (Å²) in [5.74, 6) is 1.49. The smallest absolute Gasteiger partial charge is 0.411 e. The van der Waals surface area contributed by atoms with Crippen molar-refractivity contribution in [2.45, 2.75) is 38.8 Å². The van der Waals surface area contributed by atoms with E-state index in [1.807, 2.05) is 37.4 Å². The molecule has 1 amide bonds. The molecule has 0 atom stereocenters. The van der Waals surface area contributed by atoms with E-state index < -0.39 is 6.09 Å². The molecule has 2 aromatic carbocycles. The van der Waals surface area contributed by atoms with Gasteiger partial charge in [-0.2, -0.15) is 5.10 Å². The summed E-state index contributed by atoms with van der Waals surface area (Å²) in [7, 11) is 0. The van der Waals surface area contributed by atoms with Crippen molar-refractivity contribution >= 4 is 28.6 Å². The van der Waals surface area contributed by atoms with Gasteiger partial charge in [-0.15, -0.1) is 0 Å². The van der Waals surface area contributed by atoms with E-state index in [1.165, 1.54) is 10.5 Å². The van der Waals surface area contributed by atoms with Gasteiger partial charge < -0.3 is 14.7 Å². The zero-order valence-corrected chi connectivity index (χ0v) is 23.5. The highest BCUT2D eigenvalue weighted by atomic mass is 16.5. The van der Waals surface area contributed by atoms with Gasteiger partial charge in [0.15, 0.2) is 11.5 Å². The third-order valence-electron chi connectivity index (χ3n) is 8.01. The predicted molar refractivity (Wildman–Crippen MR) is 159 cm³/mol. The van der Waals surface area contributed by atoms with E-state index in [-0.39, 0.29) is 6.04 Å². The lowest BCUT2D eigenvalue weighted by atomic mass is 10.0. The zero-order valence-electron chi connectivity index (χ0n) is 23.5. The first-order valence-corrected chi connectivity index (χ1v) is 14.6. The molecule has 0 aliphatic carbocycles. The Morgan fingerprint density at radius 1 is 1.00 bits per heavy atom. The second-order valence-corrected chi connectivity index (χ2v) is 10.8. The lowest BCUT2D eigenvalue weighted by Crippen LogP contribution is -2.37. The van der Waals surface area contributed by atoms with Crippen molar-refractivity contribution in [2.75, 3.05) is 55.7 Å². The van der Waals surface area contributed by atoms with Crippen molar-refractivity contribution in [3.8, 4) is 11.4 Å². The summed E-state index contributed by atoms with van der Waals surface area (Å²) in [5.41, 5.74) is 3.68. The quantitative estimate of drug-likeness (QED) is 0.322. The first-order valence-electron chi connectivity index (χ1n) is 14.6. The van der Waals surface area contributed by atoms with Crippen LogP contribution in [0.4, 0.5) is 16.3 Å². The van der Waals surface area contributed by atoms with Crippen LogP contribution in [0.5, 0.6) is 0 Å². The van der Waals surface area contributed by atoms with E-state index in [0.29, 0.717) is 31.3 Å². The molecule has 41 heavy (non-hydrogen) atoms. The molecule has 10 heteroatoms. The van der Waals surface area contributed by atoms with Gasteiger partial charge in [-0.1, -0.05) is 37.3 Å². The van der Waals surface area contributed by atoms with Crippen LogP contribution in [-0.2, 0) is 11.3 Å². The molecule has 6 rings (SSSR count). The number of nitrogens with zero attached hydrogens (tertiary/aromatic N) is 7. The number of amides is 1. The van der Waals surface area contributed by atoms with Crippen molar-refractivity contribution in [1.82, 2.24) is 24.6 Å². The Labute approximate surface area is 240 Å². The third kappa shape index (κ3) is 5.89. The van der Waals surface area contributed by atoms with Crippen LogP contribution in [0.25, 0.3) is 22.4 Å². The maximum atomic E-state index is 11.8. The lowest BCUT2D eigenvalue weighted by Gasteiger charge is -2.32. The van der Waals surface area contributed by atoms with E-state index in [1.54, 1.807) is 0 Å². The Kier molecular flexibility index (Phi) is 8.11. The average Bonchev–Trinajstić information content (AvgIpc) is 3.45. The molecule has 2 aliphatic rings. The van der Waals surface area contributed by atoms with Gasteiger partial charge in [0.1, 0.15) is 5.82 Å². The normalized spacial score (nSPS) is 16.8. The van der Waals surface area contributed by atoms with E-state index in [2.05, 4.69) is 44.8 Å². The zero-order chi connectivity index (χ0) is 28.2. The fourth-order valence-electron chi connectivity index (χ4n) is 5.84. The highest BCUT2D eigenvalue weighted by Gasteiger charge is 2.26. The summed E-state index contributed by atoms with van der Waals surface area (Å²) in [4.78, 5) is 28.0. The summed E-state index contributed by atoms with van der Waals surface area (Å²) in [6.07, 6.45) is 3.72. The Bertz CT molecular complexity index is 1460.